The number of ether oxygens (including phenoxy) is 1. The minimum absolute atomic E-state index is 0.380. The molecule has 0 bridgehead atoms. The van der Waals surface area contributed by atoms with E-state index < -0.39 is 0 Å². The highest BCUT2D eigenvalue weighted by molar-refractivity contribution is 7.17. The Morgan fingerprint density at radius 1 is 1.26 bits per heavy atom. The molecule has 2 heterocycles. The molecule has 3 aromatic rings. The normalized spacial score (nSPS) is 10.8. The Bertz CT molecular complexity index is 729. The second-order valence-electron chi connectivity index (χ2n) is 3.87. The van der Waals surface area contributed by atoms with Gasteiger partial charge in [0.1, 0.15) is 16.8 Å². The predicted molar refractivity (Wildman–Crippen MR) is 76.8 cm³/mol. The van der Waals surface area contributed by atoms with Gasteiger partial charge in [-0.25, -0.2) is 9.97 Å². The third-order valence-corrected chi connectivity index (χ3v) is 3.79. The Morgan fingerprint density at radius 3 is 3.00 bits per heavy atom. The fraction of sp³-hybridized carbons (Fsp3) is 0.0769. The fourth-order valence-electron chi connectivity index (χ4n) is 1.74. The van der Waals surface area contributed by atoms with Crippen molar-refractivity contribution < 1.29 is 4.74 Å². The van der Waals surface area contributed by atoms with E-state index in [1.165, 1.54) is 17.7 Å². The predicted octanol–water partition coefficient (Wildman–Crippen LogP) is 3.60. The summed E-state index contributed by atoms with van der Waals surface area (Å²) in [4.78, 5) is 8.34. The van der Waals surface area contributed by atoms with E-state index >= 15 is 0 Å². The van der Waals surface area contributed by atoms with Crippen LogP contribution >= 0.6 is 22.9 Å². The van der Waals surface area contributed by atoms with Crippen molar-refractivity contribution in [3.8, 4) is 11.6 Å². The van der Waals surface area contributed by atoms with Crippen LogP contribution in [0, 0.1) is 0 Å². The van der Waals surface area contributed by atoms with Crippen LogP contribution in [0.3, 0.4) is 0 Å². The van der Waals surface area contributed by atoms with E-state index in [1.54, 1.807) is 12.1 Å². The van der Waals surface area contributed by atoms with Crippen molar-refractivity contribution in [3.63, 3.8) is 0 Å². The number of hydrogen-bond donors (Lipinski definition) is 1. The largest absolute Gasteiger partial charge is 0.437 e. The molecular formula is C13H10ClN3OS. The number of thiophene rings is 1. The van der Waals surface area contributed by atoms with Crippen molar-refractivity contribution in [3.05, 3.63) is 46.6 Å². The summed E-state index contributed by atoms with van der Waals surface area (Å²) in [5.74, 6) is 1.15. The van der Waals surface area contributed by atoms with Crippen LogP contribution < -0.4 is 10.5 Å². The summed E-state index contributed by atoms with van der Waals surface area (Å²) >= 11 is 7.52. The molecule has 4 nitrogen and oxygen atoms in total. The number of aromatic nitrogens is 2. The number of hydrogen-bond acceptors (Lipinski definition) is 5. The summed E-state index contributed by atoms with van der Waals surface area (Å²) < 4.78 is 6.76. The van der Waals surface area contributed by atoms with Crippen molar-refractivity contribution in [2.75, 3.05) is 0 Å². The van der Waals surface area contributed by atoms with Gasteiger partial charge in [0.25, 0.3) is 0 Å². The maximum atomic E-state index is 5.99. The van der Waals surface area contributed by atoms with Crippen molar-refractivity contribution in [1.29, 1.82) is 0 Å². The first-order valence-corrected chi connectivity index (χ1v) is 6.88. The molecule has 1 aromatic carbocycles. The zero-order valence-corrected chi connectivity index (χ0v) is 11.4. The number of halogens is 1. The molecule has 0 aliphatic heterocycles. The van der Waals surface area contributed by atoms with Gasteiger partial charge in [-0.1, -0.05) is 17.7 Å². The van der Waals surface area contributed by atoms with E-state index in [1.807, 2.05) is 17.5 Å². The van der Waals surface area contributed by atoms with E-state index in [9.17, 15) is 0 Å². The lowest BCUT2D eigenvalue weighted by molar-refractivity contribution is 0.463. The average molecular weight is 292 g/mol. The highest BCUT2D eigenvalue weighted by Gasteiger charge is 2.10. The Labute approximate surface area is 118 Å². The fourth-order valence-corrected chi connectivity index (χ4v) is 2.67. The number of benzene rings is 1. The molecule has 0 fully saturated rings. The molecule has 0 aliphatic carbocycles. The topological polar surface area (TPSA) is 61.0 Å². The second kappa shape index (κ2) is 5.13. The van der Waals surface area contributed by atoms with Crippen LogP contribution in [0.1, 0.15) is 5.56 Å². The molecule has 96 valence electrons. The Balaban J connectivity index is 2.05. The maximum absolute atomic E-state index is 5.99. The summed E-state index contributed by atoms with van der Waals surface area (Å²) in [6.45, 7) is 0.380. The summed E-state index contributed by atoms with van der Waals surface area (Å²) in [5, 5.41) is 2.55. The number of nitrogens with two attached hydrogens (primary N) is 1. The molecule has 0 amide bonds. The first-order valence-electron chi connectivity index (χ1n) is 5.62. The quantitative estimate of drug-likeness (QED) is 0.801. The van der Waals surface area contributed by atoms with Gasteiger partial charge in [0, 0.05) is 17.1 Å². The third-order valence-electron chi connectivity index (χ3n) is 2.67. The second-order valence-corrected chi connectivity index (χ2v) is 5.22. The van der Waals surface area contributed by atoms with Crippen LogP contribution in [0.25, 0.3) is 10.2 Å². The Morgan fingerprint density at radius 2 is 2.16 bits per heavy atom. The van der Waals surface area contributed by atoms with Crippen LogP contribution in [0.5, 0.6) is 11.6 Å². The van der Waals surface area contributed by atoms with Gasteiger partial charge in [0.05, 0.1) is 5.52 Å². The van der Waals surface area contributed by atoms with E-state index in [0.29, 0.717) is 23.2 Å². The lowest BCUT2D eigenvalue weighted by atomic mass is 10.2. The zero-order valence-electron chi connectivity index (χ0n) is 9.84. The number of nitrogens with zero attached hydrogens (tertiary/aromatic N) is 2. The first kappa shape index (κ1) is 12.3. The maximum Gasteiger partial charge on any atom is 0.240 e. The summed E-state index contributed by atoms with van der Waals surface area (Å²) in [6.07, 6.45) is 1.48. The van der Waals surface area contributed by atoms with E-state index in [4.69, 9.17) is 22.1 Å². The molecule has 2 N–H and O–H groups in total. The number of fused-ring (bicyclic) bond motifs is 1. The molecule has 0 atom stereocenters. The molecule has 0 saturated carbocycles. The molecule has 0 spiro atoms. The minimum Gasteiger partial charge on any atom is -0.437 e. The van der Waals surface area contributed by atoms with Crippen LogP contribution in [-0.2, 0) is 6.54 Å². The van der Waals surface area contributed by atoms with E-state index in [2.05, 4.69) is 9.97 Å². The monoisotopic (exact) mass is 291 g/mol. The van der Waals surface area contributed by atoms with Crippen LogP contribution in [0.4, 0.5) is 0 Å². The lowest BCUT2D eigenvalue weighted by Crippen LogP contribution is -2.00. The van der Waals surface area contributed by atoms with Crippen molar-refractivity contribution in [1.82, 2.24) is 9.97 Å². The van der Waals surface area contributed by atoms with Gasteiger partial charge in [-0.3, -0.25) is 0 Å². The van der Waals surface area contributed by atoms with E-state index in [-0.39, 0.29) is 0 Å². The van der Waals surface area contributed by atoms with Gasteiger partial charge in [0.2, 0.25) is 5.88 Å². The van der Waals surface area contributed by atoms with Crippen LogP contribution in [0.2, 0.25) is 5.02 Å². The lowest BCUT2D eigenvalue weighted by Gasteiger charge is -2.09. The summed E-state index contributed by atoms with van der Waals surface area (Å²) in [6, 6.07) is 7.31. The highest BCUT2D eigenvalue weighted by Crippen LogP contribution is 2.33. The van der Waals surface area contributed by atoms with Crippen molar-refractivity contribution in [2.45, 2.75) is 6.54 Å². The smallest absolute Gasteiger partial charge is 0.240 e. The van der Waals surface area contributed by atoms with Gasteiger partial charge in [-0.2, -0.15) is 0 Å². The number of rotatable bonds is 3. The molecule has 0 saturated heterocycles. The van der Waals surface area contributed by atoms with Crippen molar-refractivity contribution >= 4 is 33.2 Å². The Hall–Kier alpha value is -1.69. The van der Waals surface area contributed by atoms with Gasteiger partial charge < -0.3 is 10.5 Å². The standard InChI is InChI=1S/C13H10ClN3OS/c14-9-2-1-8(6-15)11(5-9)18-13-12-10(3-4-19-12)16-7-17-13/h1-5,7H,6,15H2. The molecule has 0 unspecified atom stereocenters. The van der Waals surface area contributed by atoms with Gasteiger partial charge >= 0.3 is 0 Å². The molecule has 0 radical (unpaired) electrons. The molecule has 0 aliphatic rings. The van der Waals surface area contributed by atoms with Crippen LogP contribution in [0.15, 0.2) is 36.0 Å². The van der Waals surface area contributed by atoms with Crippen molar-refractivity contribution in [2.24, 2.45) is 5.73 Å². The molecule has 2 aromatic heterocycles. The highest BCUT2D eigenvalue weighted by atomic mass is 35.5. The average Bonchev–Trinajstić information content (AvgIpc) is 2.88. The molecule has 3 rings (SSSR count). The van der Waals surface area contributed by atoms with Gasteiger partial charge in [-0.15, -0.1) is 11.3 Å². The summed E-state index contributed by atoms with van der Waals surface area (Å²) in [5.41, 5.74) is 7.44. The van der Waals surface area contributed by atoms with Gasteiger partial charge in [0.15, 0.2) is 0 Å². The SMILES string of the molecule is NCc1ccc(Cl)cc1Oc1ncnc2ccsc12. The van der Waals surface area contributed by atoms with Crippen LogP contribution in [-0.4, -0.2) is 9.97 Å². The van der Waals surface area contributed by atoms with E-state index in [0.717, 1.165) is 15.8 Å². The Kier molecular flexibility index (Phi) is 3.33. The minimum atomic E-state index is 0.380. The molecular weight excluding hydrogens is 282 g/mol. The molecule has 19 heavy (non-hydrogen) atoms. The van der Waals surface area contributed by atoms with Gasteiger partial charge in [-0.05, 0) is 23.6 Å². The first-order chi connectivity index (χ1) is 9.28. The zero-order chi connectivity index (χ0) is 13.2. The third kappa shape index (κ3) is 2.40. The molecule has 6 heteroatoms. The summed E-state index contributed by atoms with van der Waals surface area (Å²) in [7, 11) is 0.